The molecule has 0 saturated heterocycles. The maximum atomic E-state index is 12.5. The number of fused-ring (bicyclic) bond motifs is 2. The van der Waals surface area contributed by atoms with E-state index in [1.807, 2.05) is 24.3 Å². The molecule has 1 aromatic heterocycles. The minimum absolute atomic E-state index is 0.0127. The van der Waals surface area contributed by atoms with E-state index in [1.54, 1.807) is 25.1 Å². The highest BCUT2D eigenvalue weighted by molar-refractivity contribution is 6.04. The van der Waals surface area contributed by atoms with E-state index in [1.165, 1.54) is 18.2 Å². The molecular weight excluding hydrogens is 372 g/mol. The fraction of sp³-hybridized carbons (Fsp3) is 0.0455. The van der Waals surface area contributed by atoms with Crippen LogP contribution in [0.4, 0.5) is 0 Å². The first-order valence-electron chi connectivity index (χ1n) is 8.76. The van der Waals surface area contributed by atoms with Crippen molar-refractivity contribution in [1.29, 1.82) is 0 Å². The second kappa shape index (κ2) is 7.12. The van der Waals surface area contributed by atoms with Crippen LogP contribution < -0.4 is 11.1 Å². The Labute approximate surface area is 164 Å². The molecule has 0 atom stereocenters. The van der Waals surface area contributed by atoms with Crippen LogP contribution in [0, 0.1) is 0 Å². The van der Waals surface area contributed by atoms with Crippen LogP contribution in [-0.2, 0) is 0 Å². The lowest BCUT2D eigenvalue weighted by Crippen LogP contribution is -2.21. The lowest BCUT2D eigenvalue weighted by Gasteiger charge is -2.07. The summed E-state index contributed by atoms with van der Waals surface area (Å²) in [7, 11) is 0. The molecule has 3 N–H and O–H groups in total. The molecule has 1 amide bonds. The van der Waals surface area contributed by atoms with Crippen LogP contribution in [0.3, 0.4) is 0 Å². The van der Waals surface area contributed by atoms with Gasteiger partial charge < -0.3 is 14.6 Å². The van der Waals surface area contributed by atoms with E-state index in [-0.39, 0.29) is 33.9 Å². The highest BCUT2D eigenvalue weighted by atomic mass is 16.4. The Bertz CT molecular complexity index is 1350. The molecule has 29 heavy (non-hydrogen) atoms. The van der Waals surface area contributed by atoms with Crippen molar-refractivity contribution >= 4 is 33.4 Å². The summed E-state index contributed by atoms with van der Waals surface area (Å²) in [5, 5.41) is 25.8. The minimum atomic E-state index is -0.646. The van der Waals surface area contributed by atoms with Gasteiger partial charge in [-0.15, -0.1) is 0 Å². The molecule has 144 valence electrons. The van der Waals surface area contributed by atoms with Gasteiger partial charge in [0.15, 0.2) is 0 Å². The summed E-state index contributed by atoms with van der Waals surface area (Å²) in [6.07, 6.45) is 0. The van der Waals surface area contributed by atoms with Gasteiger partial charge >= 0.3 is 5.63 Å². The van der Waals surface area contributed by atoms with Gasteiger partial charge in [-0.2, -0.15) is 5.10 Å². The molecule has 4 rings (SSSR count). The number of phenolic OH excluding ortho intramolecular Hbond substituents is 2. The second-order valence-corrected chi connectivity index (χ2v) is 6.52. The molecule has 1 heterocycles. The predicted molar refractivity (Wildman–Crippen MR) is 109 cm³/mol. The van der Waals surface area contributed by atoms with Gasteiger partial charge in [-0.3, -0.25) is 4.79 Å². The molecule has 7 heteroatoms. The quantitative estimate of drug-likeness (QED) is 0.282. The first-order chi connectivity index (χ1) is 13.9. The highest BCUT2D eigenvalue weighted by Crippen LogP contribution is 2.25. The zero-order valence-electron chi connectivity index (χ0n) is 15.3. The number of phenols is 2. The Balaban J connectivity index is 1.63. The number of hydrogen-bond acceptors (Lipinski definition) is 6. The van der Waals surface area contributed by atoms with Gasteiger partial charge in [0.05, 0.1) is 16.8 Å². The third-order valence-corrected chi connectivity index (χ3v) is 4.54. The van der Waals surface area contributed by atoms with Crippen LogP contribution in [0.1, 0.15) is 22.8 Å². The number of hydrazone groups is 1. The van der Waals surface area contributed by atoms with Gasteiger partial charge in [0, 0.05) is 11.5 Å². The summed E-state index contributed by atoms with van der Waals surface area (Å²) in [4.78, 5) is 24.7. The molecule has 0 aliphatic rings. The lowest BCUT2D eigenvalue weighted by atomic mass is 10.1. The third kappa shape index (κ3) is 3.53. The molecule has 0 aliphatic carbocycles. The largest absolute Gasteiger partial charge is 0.508 e. The SMILES string of the molecule is C/C(=N/NC(=O)c1cc2ccccc2cc1O)c1cc2ccc(O)cc2oc1=O. The highest BCUT2D eigenvalue weighted by Gasteiger charge is 2.13. The lowest BCUT2D eigenvalue weighted by molar-refractivity contribution is 0.0952. The first kappa shape index (κ1) is 18.2. The smallest absolute Gasteiger partial charge is 0.345 e. The number of nitrogens with one attached hydrogen (secondary N) is 1. The fourth-order valence-corrected chi connectivity index (χ4v) is 3.02. The van der Waals surface area contributed by atoms with Crippen molar-refractivity contribution in [3.05, 3.63) is 82.2 Å². The number of rotatable bonds is 3. The molecule has 0 unspecified atom stereocenters. The zero-order valence-corrected chi connectivity index (χ0v) is 15.3. The van der Waals surface area contributed by atoms with Crippen LogP contribution in [0.15, 0.2) is 75.0 Å². The van der Waals surface area contributed by atoms with Gasteiger partial charge in [0.1, 0.15) is 17.1 Å². The van der Waals surface area contributed by atoms with Crippen molar-refractivity contribution in [3.8, 4) is 11.5 Å². The average molecular weight is 388 g/mol. The van der Waals surface area contributed by atoms with Gasteiger partial charge in [-0.1, -0.05) is 24.3 Å². The number of hydrogen-bond donors (Lipinski definition) is 3. The molecule has 0 saturated carbocycles. The first-order valence-corrected chi connectivity index (χ1v) is 8.76. The van der Waals surface area contributed by atoms with Gasteiger partial charge in [-0.25, -0.2) is 10.2 Å². The van der Waals surface area contributed by atoms with Crippen LogP contribution in [-0.4, -0.2) is 21.8 Å². The van der Waals surface area contributed by atoms with E-state index in [0.717, 1.165) is 10.8 Å². The van der Waals surface area contributed by atoms with Gasteiger partial charge in [0.25, 0.3) is 5.91 Å². The van der Waals surface area contributed by atoms with E-state index in [0.29, 0.717) is 5.39 Å². The number of amides is 1. The van der Waals surface area contributed by atoms with E-state index in [4.69, 9.17) is 4.42 Å². The van der Waals surface area contributed by atoms with Crippen LogP contribution in [0.25, 0.3) is 21.7 Å². The fourth-order valence-electron chi connectivity index (χ4n) is 3.02. The Hall–Kier alpha value is -4.13. The number of benzene rings is 3. The van der Waals surface area contributed by atoms with E-state index >= 15 is 0 Å². The summed E-state index contributed by atoms with van der Waals surface area (Å²) in [5.41, 5.74) is 2.44. The second-order valence-electron chi connectivity index (χ2n) is 6.52. The molecule has 0 spiro atoms. The third-order valence-electron chi connectivity index (χ3n) is 4.54. The summed E-state index contributed by atoms with van der Waals surface area (Å²) in [6, 6.07) is 16.4. The summed E-state index contributed by atoms with van der Waals surface area (Å²) in [5.74, 6) is -0.789. The summed E-state index contributed by atoms with van der Waals surface area (Å²) >= 11 is 0. The molecule has 7 nitrogen and oxygen atoms in total. The van der Waals surface area contributed by atoms with Crippen LogP contribution >= 0.6 is 0 Å². The van der Waals surface area contributed by atoms with Crippen molar-refractivity contribution in [2.24, 2.45) is 5.10 Å². The Morgan fingerprint density at radius 3 is 2.38 bits per heavy atom. The molecule has 0 bridgehead atoms. The van der Waals surface area contributed by atoms with Crippen molar-refractivity contribution in [3.63, 3.8) is 0 Å². The number of nitrogens with zero attached hydrogens (tertiary/aromatic N) is 1. The van der Waals surface area contributed by atoms with Gasteiger partial charge in [0.2, 0.25) is 0 Å². The Morgan fingerprint density at radius 2 is 1.62 bits per heavy atom. The monoisotopic (exact) mass is 388 g/mol. The van der Waals surface area contributed by atoms with Crippen molar-refractivity contribution in [2.45, 2.75) is 6.92 Å². The topological polar surface area (TPSA) is 112 Å². The molecule has 0 fully saturated rings. The standard InChI is InChI=1S/C22H16N2O5/c1-12(17-9-15-6-7-16(25)11-20(15)29-22(17)28)23-24-21(27)18-8-13-4-2-3-5-14(13)10-19(18)26/h2-11,25-26H,1H3,(H,24,27)/b23-12-. The minimum Gasteiger partial charge on any atom is -0.508 e. The van der Waals surface area contributed by atoms with Crippen molar-refractivity contribution in [2.75, 3.05) is 0 Å². The summed E-state index contributed by atoms with van der Waals surface area (Å²) < 4.78 is 5.20. The molecule has 3 aromatic carbocycles. The van der Waals surface area contributed by atoms with E-state index in [9.17, 15) is 19.8 Å². The maximum absolute atomic E-state index is 12.5. The number of aromatic hydroxyl groups is 2. The average Bonchev–Trinajstić information content (AvgIpc) is 2.70. The van der Waals surface area contributed by atoms with Gasteiger partial charge in [-0.05, 0) is 48.0 Å². The Kier molecular flexibility index (Phi) is 4.48. The normalized spacial score (nSPS) is 11.7. The molecule has 4 aromatic rings. The van der Waals surface area contributed by atoms with Crippen LogP contribution in [0.5, 0.6) is 11.5 Å². The van der Waals surface area contributed by atoms with E-state index < -0.39 is 11.5 Å². The molecular formula is C22H16N2O5. The Morgan fingerprint density at radius 1 is 0.931 bits per heavy atom. The summed E-state index contributed by atoms with van der Waals surface area (Å²) in [6.45, 7) is 1.55. The molecule has 0 radical (unpaired) electrons. The zero-order chi connectivity index (χ0) is 20.5. The van der Waals surface area contributed by atoms with E-state index in [2.05, 4.69) is 10.5 Å². The number of carbonyl (C=O) groups is 1. The van der Waals surface area contributed by atoms with Crippen LogP contribution in [0.2, 0.25) is 0 Å². The van der Waals surface area contributed by atoms with Crippen molar-refractivity contribution in [1.82, 2.24) is 5.43 Å². The van der Waals surface area contributed by atoms with Crippen molar-refractivity contribution < 1.29 is 19.4 Å². The maximum Gasteiger partial charge on any atom is 0.345 e. The molecule has 0 aliphatic heterocycles. The predicted octanol–water partition coefficient (Wildman–Crippen LogP) is 3.51. The number of carbonyl (C=O) groups excluding carboxylic acids is 1.